The van der Waals surface area contributed by atoms with Gasteiger partial charge >= 0.3 is 6.01 Å². The Hall–Kier alpha value is -3.06. The van der Waals surface area contributed by atoms with Gasteiger partial charge in [0.2, 0.25) is 5.91 Å². The van der Waals surface area contributed by atoms with Gasteiger partial charge in [-0.15, -0.1) is 0 Å². The minimum atomic E-state index is -0.251. The lowest BCUT2D eigenvalue weighted by atomic mass is 10.1. The fraction of sp³-hybridized carbons (Fsp3) is 0.517. The Balaban J connectivity index is 1.49. The molecule has 0 aliphatic carbocycles. The van der Waals surface area contributed by atoms with Gasteiger partial charge in [0.25, 0.3) is 0 Å². The van der Waals surface area contributed by atoms with Crippen LogP contribution in [0, 0.1) is 11.3 Å². The van der Waals surface area contributed by atoms with Crippen LogP contribution in [0.2, 0.25) is 10.0 Å². The molecule has 40 heavy (non-hydrogen) atoms. The van der Waals surface area contributed by atoms with Crippen molar-refractivity contribution in [2.75, 3.05) is 56.2 Å². The van der Waals surface area contributed by atoms with E-state index in [9.17, 15) is 10.1 Å². The maximum atomic E-state index is 12.5. The Bertz CT molecular complexity index is 1300. The number of carbonyl (C=O) groups excluding carboxylic acids is 1. The topological polar surface area (TPSA) is 88.8 Å². The second kappa shape index (κ2) is 12.6. The van der Waals surface area contributed by atoms with Crippen LogP contribution < -0.4 is 14.5 Å². The van der Waals surface area contributed by atoms with Crippen LogP contribution >= 0.6 is 23.2 Å². The molecule has 0 radical (unpaired) electrons. The number of hydrogen-bond acceptors (Lipinski definition) is 8. The van der Waals surface area contributed by atoms with E-state index in [0.29, 0.717) is 54.9 Å². The monoisotopic (exact) mass is 583 g/mol. The van der Waals surface area contributed by atoms with Gasteiger partial charge in [-0.05, 0) is 57.5 Å². The number of carbonyl (C=O) groups is 1. The van der Waals surface area contributed by atoms with Gasteiger partial charge in [-0.1, -0.05) is 35.8 Å². The lowest BCUT2D eigenvalue weighted by Gasteiger charge is -2.41. The first kappa shape index (κ1) is 28.5. The molecule has 2 fully saturated rings. The zero-order valence-electron chi connectivity index (χ0n) is 22.9. The van der Waals surface area contributed by atoms with Gasteiger partial charge in [-0.2, -0.15) is 15.2 Å². The molecular weight excluding hydrogens is 549 g/mol. The third kappa shape index (κ3) is 5.99. The number of ether oxygens (including phenoxy) is 1. The number of rotatable bonds is 7. The van der Waals surface area contributed by atoms with E-state index in [1.54, 1.807) is 11.0 Å². The summed E-state index contributed by atoms with van der Waals surface area (Å²) in [6, 6.07) is 8.37. The van der Waals surface area contributed by atoms with Gasteiger partial charge in [0.05, 0.1) is 46.5 Å². The Kier molecular flexibility index (Phi) is 8.99. The van der Waals surface area contributed by atoms with E-state index in [1.807, 2.05) is 12.1 Å². The number of likely N-dealkylation sites (N-methyl/N-ethyl adjacent to an activating group) is 1. The predicted octanol–water partition coefficient (Wildman–Crippen LogP) is 4.33. The number of halogens is 2. The van der Waals surface area contributed by atoms with Crippen molar-refractivity contribution >= 4 is 40.6 Å². The van der Waals surface area contributed by atoms with Crippen LogP contribution in [0.25, 0.3) is 0 Å². The smallest absolute Gasteiger partial charge is 0.318 e. The molecule has 1 unspecified atom stereocenters. The molecule has 0 spiro atoms. The first-order chi connectivity index (χ1) is 19.4. The predicted molar refractivity (Wildman–Crippen MR) is 157 cm³/mol. The number of piperazine rings is 1. The summed E-state index contributed by atoms with van der Waals surface area (Å²) in [6.45, 7) is 8.15. The molecule has 0 saturated carbocycles. The molecule has 1 aromatic carbocycles. The van der Waals surface area contributed by atoms with E-state index < -0.39 is 0 Å². The van der Waals surface area contributed by atoms with E-state index in [4.69, 9.17) is 37.9 Å². The molecule has 5 rings (SSSR count). The minimum Gasteiger partial charge on any atom is -0.462 e. The quantitative estimate of drug-likeness (QED) is 0.445. The first-order valence-corrected chi connectivity index (χ1v) is 14.6. The number of aromatic nitrogens is 2. The van der Waals surface area contributed by atoms with Crippen molar-refractivity contribution in [2.45, 2.75) is 50.7 Å². The SMILES string of the molecule is C=CC(=O)N1CCN(c2nc(OC[C@@H]3CCCN3C)nc3c2CCCN(c2cccc(Cl)c2Cl)C3)CC1CC#N. The number of benzene rings is 1. The number of anilines is 2. The normalized spacial score (nSPS) is 21.5. The Morgan fingerprint density at radius 2 is 2.02 bits per heavy atom. The summed E-state index contributed by atoms with van der Waals surface area (Å²) in [5, 5.41) is 10.5. The summed E-state index contributed by atoms with van der Waals surface area (Å²) in [7, 11) is 2.12. The molecule has 0 bridgehead atoms. The van der Waals surface area contributed by atoms with Gasteiger partial charge in [0.1, 0.15) is 12.4 Å². The fourth-order valence-electron chi connectivity index (χ4n) is 5.95. The molecule has 9 nitrogen and oxygen atoms in total. The standard InChI is InChI=1S/C29H35Cl2N7O2/c1-3-26(39)38-16-15-37(17-20(38)11-12-32)28-22-8-6-14-36(25-10-4-9-23(30)27(25)31)18-24(22)33-29(34-28)40-19-21-7-5-13-35(21)2/h3-4,9-10,20-21H,1,5-8,11,13-19H2,2H3/t20?,21-/m0/s1. The van der Waals surface area contributed by atoms with Crippen LogP contribution in [0.5, 0.6) is 6.01 Å². The second-order valence-corrected chi connectivity index (χ2v) is 11.4. The molecule has 2 aromatic rings. The van der Waals surface area contributed by atoms with Crippen LogP contribution in [0.4, 0.5) is 11.5 Å². The van der Waals surface area contributed by atoms with Crippen LogP contribution in [-0.2, 0) is 17.8 Å². The average molecular weight is 585 g/mol. The van der Waals surface area contributed by atoms with Crippen molar-refractivity contribution in [1.29, 1.82) is 5.26 Å². The third-order valence-electron chi connectivity index (χ3n) is 8.16. The molecule has 1 aromatic heterocycles. The summed E-state index contributed by atoms with van der Waals surface area (Å²) < 4.78 is 6.25. The van der Waals surface area contributed by atoms with Crippen molar-refractivity contribution in [2.24, 2.45) is 0 Å². The van der Waals surface area contributed by atoms with E-state index in [-0.39, 0.29) is 18.4 Å². The molecule has 2 atom stereocenters. The van der Waals surface area contributed by atoms with Crippen molar-refractivity contribution in [1.82, 2.24) is 19.8 Å². The van der Waals surface area contributed by atoms with E-state index in [2.05, 4.69) is 34.4 Å². The van der Waals surface area contributed by atoms with E-state index >= 15 is 0 Å². The number of amides is 1. The fourth-order valence-corrected chi connectivity index (χ4v) is 6.37. The van der Waals surface area contributed by atoms with Gasteiger partial charge in [0, 0.05) is 37.8 Å². The number of likely N-dealkylation sites (tertiary alicyclic amines) is 1. The van der Waals surface area contributed by atoms with Crippen LogP contribution in [0.3, 0.4) is 0 Å². The average Bonchev–Trinajstić information content (AvgIpc) is 3.25. The van der Waals surface area contributed by atoms with E-state index in [1.165, 1.54) is 6.08 Å². The molecule has 212 valence electrons. The number of nitriles is 1. The van der Waals surface area contributed by atoms with Gasteiger partial charge in [0.15, 0.2) is 0 Å². The minimum absolute atomic E-state index is 0.153. The zero-order chi connectivity index (χ0) is 28.2. The molecular formula is C29H35Cl2N7O2. The van der Waals surface area contributed by atoms with Crippen molar-refractivity contribution < 1.29 is 9.53 Å². The zero-order valence-corrected chi connectivity index (χ0v) is 24.4. The Morgan fingerprint density at radius 3 is 2.77 bits per heavy atom. The highest BCUT2D eigenvalue weighted by molar-refractivity contribution is 6.43. The summed E-state index contributed by atoms with van der Waals surface area (Å²) in [5.41, 5.74) is 2.85. The van der Waals surface area contributed by atoms with E-state index in [0.717, 1.165) is 61.5 Å². The maximum absolute atomic E-state index is 12.5. The van der Waals surface area contributed by atoms with Crippen molar-refractivity contribution in [3.8, 4) is 12.1 Å². The largest absolute Gasteiger partial charge is 0.462 e. The highest BCUT2D eigenvalue weighted by Gasteiger charge is 2.33. The summed E-state index contributed by atoms with van der Waals surface area (Å²) >= 11 is 13.0. The highest BCUT2D eigenvalue weighted by Crippen LogP contribution is 2.36. The van der Waals surface area contributed by atoms with Crippen LogP contribution in [-0.4, -0.2) is 84.1 Å². The third-order valence-corrected chi connectivity index (χ3v) is 8.97. The summed E-state index contributed by atoms with van der Waals surface area (Å²) in [4.78, 5) is 30.8. The van der Waals surface area contributed by atoms with Crippen molar-refractivity contribution in [3.63, 3.8) is 0 Å². The van der Waals surface area contributed by atoms with Crippen LogP contribution in [0.15, 0.2) is 30.9 Å². The molecule has 3 aliphatic rings. The van der Waals surface area contributed by atoms with Crippen molar-refractivity contribution in [3.05, 3.63) is 52.2 Å². The lowest BCUT2D eigenvalue weighted by molar-refractivity contribution is -0.128. The molecule has 11 heteroatoms. The van der Waals surface area contributed by atoms with Gasteiger partial charge in [-0.25, -0.2) is 0 Å². The molecule has 0 N–H and O–H groups in total. The van der Waals surface area contributed by atoms with Gasteiger partial charge in [-0.3, -0.25) is 4.79 Å². The summed E-state index contributed by atoms with van der Waals surface area (Å²) in [6.07, 6.45) is 5.48. The van der Waals surface area contributed by atoms with Crippen LogP contribution in [0.1, 0.15) is 36.9 Å². The maximum Gasteiger partial charge on any atom is 0.318 e. The Labute approximate surface area is 245 Å². The molecule has 2 saturated heterocycles. The molecule has 1 amide bonds. The Morgan fingerprint density at radius 1 is 1.18 bits per heavy atom. The first-order valence-electron chi connectivity index (χ1n) is 13.9. The number of nitrogens with zero attached hydrogens (tertiary/aromatic N) is 7. The second-order valence-electron chi connectivity index (χ2n) is 10.6. The van der Waals surface area contributed by atoms with Gasteiger partial charge < -0.3 is 24.3 Å². The molecule has 3 aliphatic heterocycles. The lowest BCUT2D eigenvalue weighted by Crippen LogP contribution is -2.55. The number of hydrogen-bond donors (Lipinski definition) is 0. The number of fused-ring (bicyclic) bond motifs is 1. The molecule has 4 heterocycles. The summed E-state index contributed by atoms with van der Waals surface area (Å²) in [5.74, 6) is 0.674. The highest BCUT2D eigenvalue weighted by atomic mass is 35.5.